The summed E-state index contributed by atoms with van der Waals surface area (Å²) in [7, 11) is 1.67. The van der Waals surface area contributed by atoms with E-state index in [0.717, 1.165) is 6.42 Å². The van der Waals surface area contributed by atoms with Crippen LogP contribution in [-0.2, 0) is 9.47 Å². The quantitative estimate of drug-likeness (QED) is 0.178. The normalized spacial score (nSPS) is 13.6. The summed E-state index contributed by atoms with van der Waals surface area (Å²) in [5.41, 5.74) is 2.53. The standard InChI is InChI=1S/C10H24N4O2/c1-4-16-8-9(2)13-10(14-11)12-6-5-7-15-3/h9H,4-8,11H2,1-3H3,(H2,12,13,14). The van der Waals surface area contributed by atoms with Crippen LogP contribution in [0.25, 0.3) is 0 Å². The van der Waals surface area contributed by atoms with Gasteiger partial charge in [-0.1, -0.05) is 0 Å². The van der Waals surface area contributed by atoms with Crippen molar-refractivity contribution in [3.05, 3.63) is 0 Å². The van der Waals surface area contributed by atoms with Gasteiger partial charge in [0.05, 0.1) is 6.61 Å². The zero-order valence-corrected chi connectivity index (χ0v) is 10.5. The van der Waals surface area contributed by atoms with Gasteiger partial charge in [0, 0.05) is 32.9 Å². The van der Waals surface area contributed by atoms with E-state index in [1.165, 1.54) is 0 Å². The summed E-state index contributed by atoms with van der Waals surface area (Å²) >= 11 is 0. The van der Waals surface area contributed by atoms with Crippen molar-refractivity contribution in [3.63, 3.8) is 0 Å². The first kappa shape index (κ1) is 15.2. The number of nitrogens with one attached hydrogen (secondary N) is 2. The maximum absolute atomic E-state index is 5.35. The molecule has 0 aliphatic heterocycles. The number of aliphatic imine (C=N–C) groups is 1. The van der Waals surface area contributed by atoms with Crippen LogP contribution < -0.4 is 16.6 Å². The third kappa shape index (κ3) is 8.46. The van der Waals surface area contributed by atoms with E-state index in [2.05, 4.69) is 15.7 Å². The molecule has 0 aromatic heterocycles. The molecule has 0 saturated carbocycles. The minimum atomic E-state index is 0.178. The summed E-state index contributed by atoms with van der Waals surface area (Å²) < 4.78 is 10.2. The fraction of sp³-hybridized carbons (Fsp3) is 0.900. The van der Waals surface area contributed by atoms with Gasteiger partial charge in [-0.3, -0.25) is 10.4 Å². The van der Waals surface area contributed by atoms with Gasteiger partial charge in [0.25, 0.3) is 0 Å². The van der Waals surface area contributed by atoms with E-state index in [0.29, 0.717) is 32.3 Å². The smallest absolute Gasteiger partial charge is 0.206 e. The Bertz CT molecular complexity index is 188. The molecule has 4 N–H and O–H groups in total. The molecular formula is C10H24N4O2. The van der Waals surface area contributed by atoms with E-state index < -0.39 is 0 Å². The molecule has 0 spiro atoms. The summed E-state index contributed by atoms with van der Waals surface area (Å²) in [4.78, 5) is 4.26. The minimum Gasteiger partial charge on any atom is -0.385 e. The highest BCUT2D eigenvalue weighted by Crippen LogP contribution is 1.86. The maximum Gasteiger partial charge on any atom is 0.206 e. The van der Waals surface area contributed by atoms with Crippen LogP contribution in [0, 0.1) is 0 Å². The van der Waals surface area contributed by atoms with E-state index in [9.17, 15) is 0 Å². The molecule has 0 heterocycles. The SMILES string of the molecule is CCOCC(C)NC(=NCCCOC)NN. The molecule has 96 valence electrons. The lowest BCUT2D eigenvalue weighted by molar-refractivity contribution is 0.132. The summed E-state index contributed by atoms with van der Waals surface area (Å²) in [6, 6.07) is 0.178. The number of hydrogen-bond donors (Lipinski definition) is 3. The summed E-state index contributed by atoms with van der Waals surface area (Å²) in [5.74, 6) is 5.94. The topological polar surface area (TPSA) is 80.9 Å². The lowest BCUT2D eigenvalue weighted by Gasteiger charge is -2.16. The molecule has 0 amide bonds. The van der Waals surface area contributed by atoms with Crippen LogP contribution in [0.1, 0.15) is 20.3 Å². The van der Waals surface area contributed by atoms with Crippen LogP contribution >= 0.6 is 0 Å². The Labute approximate surface area is 97.6 Å². The van der Waals surface area contributed by atoms with E-state index in [1.807, 2.05) is 13.8 Å². The van der Waals surface area contributed by atoms with Crippen LogP contribution in [0.5, 0.6) is 0 Å². The van der Waals surface area contributed by atoms with Crippen LogP contribution in [0.4, 0.5) is 0 Å². The Balaban J connectivity index is 3.79. The first-order valence-electron chi connectivity index (χ1n) is 5.58. The molecule has 0 bridgehead atoms. The van der Waals surface area contributed by atoms with E-state index >= 15 is 0 Å². The molecular weight excluding hydrogens is 208 g/mol. The Morgan fingerprint density at radius 1 is 1.50 bits per heavy atom. The van der Waals surface area contributed by atoms with Gasteiger partial charge in [-0.2, -0.15) is 0 Å². The zero-order valence-electron chi connectivity index (χ0n) is 10.5. The van der Waals surface area contributed by atoms with Gasteiger partial charge < -0.3 is 14.8 Å². The van der Waals surface area contributed by atoms with Crippen molar-refractivity contribution in [2.75, 3.05) is 33.5 Å². The fourth-order valence-electron chi connectivity index (χ4n) is 1.10. The van der Waals surface area contributed by atoms with Gasteiger partial charge >= 0.3 is 0 Å². The first-order valence-corrected chi connectivity index (χ1v) is 5.58. The van der Waals surface area contributed by atoms with Crippen molar-refractivity contribution in [1.82, 2.24) is 10.7 Å². The van der Waals surface area contributed by atoms with E-state index in [4.69, 9.17) is 15.3 Å². The number of hydrazine groups is 1. The van der Waals surface area contributed by atoms with Crippen LogP contribution in [-0.4, -0.2) is 45.5 Å². The Kier molecular flexibility index (Phi) is 10.1. The van der Waals surface area contributed by atoms with Gasteiger partial charge in [0.2, 0.25) is 5.96 Å². The molecule has 1 atom stereocenters. The highest BCUT2D eigenvalue weighted by atomic mass is 16.5. The summed E-state index contributed by atoms with van der Waals surface area (Å²) in [5, 5.41) is 3.13. The fourth-order valence-corrected chi connectivity index (χ4v) is 1.10. The molecule has 6 nitrogen and oxygen atoms in total. The van der Waals surface area contributed by atoms with Crippen molar-refractivity contribution in [3.8, 4) is 0 Å². The molecule has 0 aromatic carbocycles. The second-order valence-electron chi connectivity index (χ2n) is 3.43. The third-order valence-electron chi connectivity index (χ3n) is 1.87. The average Bonchev–Trinajstić information content (AvgIpc) is 2.30. The van der Waals surface area contributed by atoms with Gasteiger partial charge in [-0.15, -0.1) is 0 Å². The minimum absolute atomic E-state index is 0.178. The lowest BCUT2D eigenvalue weighted by atomic mass is 10.4. The summed E-state index contributed by atoms with van der Waals surface area (Å²) in [6.45, 7) is 6.71. The molecule has 1 unspecified atom stereocenters. The van der Waals surface area contributed by atoms with Crippen molar-refractivity contribution in [2.24, 2.45) is 10.8 Å². The Morgan fingerprint density at radius 3 is 2.81 bits per heavy atom. The van der Waals surface area contributed by atoms with Gasteiger partial charge in [-0.05, 0) is 20.3 Å². The van der Waals surface area contributed by atoms with Crippen LogP contribution in [0.2, 0.25) is 0 Å². The molecule has 16 heavy (non-hydrogen) atoms. The Morgan fingerprint density at radius 2 is 2.25 bits per heavy atom. The number of nitrogens with zero attached hydrogens (tertiary/aromatic N) is 1. The molecule has 0 saturated heterocycles. The predicted molar refractivity (Wildman–Crippen MR) is 65.2 cm³/mol. The highest BCUT2D eigenvalue weighted by molar-refractivity contribution is 5.79. The summed E-state index contributed by atoms with van der Waals surface area (Å²) in [6.07, 6.45) is 0.878. The molecule has 0 aliphatic rings. The van der Waals surface area contributed by atoms with Crippen LogP contribution in [0.15, 0.2) is 4.99 Å². The number of methoxy groups -OCH3 is 1. The largest absolute Gasteiger partial charge is 0.385 e. The number of hydrogen-bond acceptors (Lipinski definition) is 4. The molecule has 0 fully saturated rings. The van der Waals surface area contributed by atoms with Crippen molar-refractivity contribution in [2.45, 2.75) is 26.3 Å². The van der Waals surface area contributed by atoms with E-state index in [1.54, 1.807) is 7.11 Å². The molecule has 6 heteroatoms. The van der Waals surface area contributed by atoms with Gasteiger partial charge in [0.1, 0.15) is 0 Å². The number of guanidine groups is 1. The monoisotopic (exact) mass is 232 g/mol. The van der Waals surface area contributed by atoms with Gasteiger partial charge in [0.15, 0.2) is 0 Å². The lowest BCUT2D eigenvalue weighted by Crippen LogP contribution is -2.47. The molecule has 0 aromatic rings. The number of rotatable bonds is 8. The third-order valence-corrected chi connectivity index (χ3v) is 1.87. The molecule has 0 radical (unpaired) electrons. The average molecular weight is 232 g/mol. The molecule has 0 aliphatic carbocycles. The maximum atomic E-state index is 5.35. The van der Waals surface area contributed by atoms with Crippen molar-refractivity contribution < 1.29 is 9.47 Å². The van der Waals surface area contributed by atoms with Gasteiger partial charge in [-0.25, -0.2) is 5.84 Å². The van der Waals surface area contributed by atoms with Crippen molar-refractivity contribution >= 4 is 5.96 Å². The molecule has 0 rings (SSSR count). The number of nitrogens with two attached hydrogens (primary N) is 1. The predicted octanol–water partition coefficient (Wildman–Crippen LogP) is -0.143. The van der Waals surface area contributed by atoms with Crippen LogP contribution in [0.3, 0.4) is 0 Å². The Hall–Kier alpha value is -0.850. The van der Waals surface area contributed by atoms with Crippen molar-refractivity contribution in [1.29, 1.82) is 0 Å². The number of ether oxygens (including phenoxy) is 2. The highest BCUT2D eigenvalue weighted by Gasteiger charge is 2.03. The van der Waals surface area contributed by atoms with E-state index in [-0.39, 0.29) is 6.04 Å². The zero-order chi connectivity index (χ0) is 12.2. The second kappa shape index (κ2) is 10.7. The first-order chi connectivity index (χ1) is 7.74. The second-order valence-corrected chi connectivity index (χ2v) is 3.43.